The van der Waals surface area contributed by atoms with Crippen molar-refractivity contribution in [2.45, 2.75) is 25.2 Å². The van der Waals surface area contributed by atoms with E-state index < -0.39 is 10.0 Å². The Bertz CT molecular complexity index is 1240. The van der Waals surface area contributed by atoms with Crippen LogP contribution in [0, 0.1) is 13.8 Å². The number of amides is 1. The zero-order chi connectivity index (χ0) is 21.5. The highest BCUT2D eigenvalue weighted by molar-refractivity contribution is 7.92. The van der Waals surface area contributed by atoms with Gasteiger partial charge in [0.2, 0.25) is 0 Å². The van der Waals surface area contributed by atoms with Crippen LogP contribution in [-0.2, 0) is 16.4 Å². The summed E-state index contributed by atoms with van der Waals surface area (Å²) in [5.74, 6) is -0.222. The van der Waals surface area contributed by atoms with Gasteiger partial charge in [0.1, 0.15) is 0 Å². The monoisotopic (exact) mass is 440 g/mol. The molecule has 1 aliphatic heterocycles. The summed E-state index contributed by atoms with van der Waals surface area (Å²) in [5, 5.41) is 3.39. The van der Waals surface area contributed by atoms with Crippen molar-refractivity contribution in [3.63, 3.8) is 0 Å². The predicted octanol–water partition coefficient (Wildman–Crippen LogP) is 4.96. The minimum Gasteiger partial charge on any atom is -0.322 e. The Balaban J connectivity index is 1.58. The SMILES string of the molecule is Cc1ccc(NC(=O)c2ccc3c(c2)CCN3S(=O)(=O)c2ccc(Cl)cc2)cc1C. The van der Waals surface area contributed by atoms with Gasteiger partial charge in [-0.15, -0.1) is 0 Å². The molecular weight excluding hydrogens is 420 g/mol. The van der Waals surface area contributed by atoms with Crippen molar-refractivity contribution in [1.82, 2.24) is 0 Å². The molecule has 0 radical (unpaired) electrons. The number of aryl methyl sites for hydroxylation is 2. The first kappa shape index (κ1) is 20.4. The number of benzene rings is 3. The molecule has 0 aromatic heterocycles. The average Bonchev–Trinajstić information content (AvgIpc) is 3.15. The van der Waals surface area contributed by atoms with Crippen LogP contribution in [0.15, 0.2) is 65.6 Å². The van der Waals surface area contributed by atoms with Gasteiger partial charge < -0.3 is 5.32 Å². The summed E-state index contributed by atoms with van der Waals surface area (Å²) in [7, 11) is -3.69. The van der Waals surface area contributed by atoms with Crippen molar-refractivity contribution in [2.75, 3.05) is 16.2 Å². The Labute approximate surface area is 181 Å². The largest absolute Gasteiger partial charge is 0.322 e. The van der Waals surface area contributed by atoms with Crippen molar-refractivity contribution in [1.29, 1.82) is 0 Å². The highest BCUT2D eigenvalue weighted by Gasteiger charge is 2.31. The molecule has 5 nitrogen and oxygen atoms in total. The molecule has 0 unspecified atom stereocenters. The number of carbonyl (C=O) groups excluding carboxylic acids is 1. The van der Waals surface area contributed by atoms with Crippen LogP contribution in [0.2, 0.25) is 5.02 Å². The van der Waals surface area contributed by atoms with Gasteiger partial charge >= 0.3 is 0 Å². The number of rotatable bonds is 4. The van der Waals surface area contributed by atoms with Crippen molar-refractivity contribution in [2.24, 2.45) is 0 Å². The summed E-state index contributed by atoms with van der Waals surface area (Å²) in [6, 6.07) is 17.0. The van der Waals surface area contributed by atoms with E-state index in [2.05, 4.69) is 5.32 Å². The van der Waals surface area contributed by atoms with E-state index in [9.17, 15) is 13.2 Å². The van der Waals surface area contributed by atoms with Crippen LogP contribution in [-0.4, -0.2) is 20.9 Å². The molecule has 3 aromatic carbocycles. The first-order valence-electron chi connectivity index (χ1n) is 9.55. The highest BCUT2D eigenvalue weighted by atomic mass is 35.5. The van der Waals surface area contributed by atoms with Crippen LogP contribution in [0.1, 0.15) is 27.0 Å². The van der Waals surface area contributed by atoms with Gasteiger partial charge in [-0.25, -0.2) is 8.42 Å². The molecule has 7 heteroatoms. The van der Waals surface area contributed by atoms with Crippen LogP contribution in [0.5, 0.6) is 0 Å². The van der Waals surface area contributed by atoms with E-state index in [4.69, 9.17) is 11.6 Å². The number of hydrogen-bond acceptors (Lipinski definition) is 3. The van der Waals surface area contributed by atoms with Crippen LogP contribution in [0.4, 0.5) is 11.4 Å². The molecule has 0 saturated heterocycles. The van der Waals surface area contributed by atoms with Gasteiger partial charge in [-0.3, -0.25) is 9.10 Å². The predicted molar refractivity (Wildman–Crippen MR) is 120 cm³/mol. The number of nitrogens with zero attached hydrogens (tertiary/aromatic N) is 1. The zero-order valence-corrected chi connectivity index (χ0v) is 18.2. The second kappa shape index (κ2) is 7.78. The fourth-order valence-electron chi connectivity index (χ4n) is 3.52. The smallest absolute Gasteiger partial charge is 0.264 e. The highest BCUT2D eigenvalue weighted by Crippen LogP contribution is 2.34. The number of anilines is 2. The van der Waals surface area contributed by atoms with Crippen molar-refractivity contribution >= 4 is 38.9 Å². The van der Waals surface area contributed by atoms with Gasteiger partial charge in [0.25, 0.3) is 15.9 Å². The molecule has 0 spiro atoms. The molecule has 3 aromatic rings. The minimum absolute atomic E-state index is 0.191. The molecule has 1 N–H and O–H groups in total. The first-order valence-corrected chi connectivity index (χ1v) is 11.4. The van der Waals surface area contributed by atoms with Crippen LogP contribution in [0.3, 0.4) is 0 Å². The molecule has 0 aliphatic carbocycles. The molecule has 4 rings (SSSR count). The lowest BCUT2D eigenvalue weighted by atomic mass is 10.1. The zero-order valence-electron chi connectivity index (χ0n) is 16.6. The fourth-order valence-corrected chi connectivity index (χ4v) is 5.15. The topological polar surface area (TPSA) is 66.5 Å². The summed E-state index contributed by atoms with van der Waals surface area (Å²) < 4.78 is 27.4. The molecule has 0 bridgehead atoms. The van der Waals surface area contributed by atoms with E-state index >= 15 is 0 Å². The van der Waals surface area contributed by atoms with Gasteiger partial charge in [0.15, 0.2) is 0 Å². The molecule has 0 saturated carbocycles. The van der Waals surface area contributed by atoms with Crippen LogP contribution < -0.4 is 9.62 Å². The third-order valence-electron chi connectivity index (χ3n) is 5.36. The number of carbonyl (C=O) groups is 1. The van der Waals surface area contributed by atoms with Crippen LogP contribution in [0.25, 0.3) is 0 Å². The van der Waals surface area contributed by atoms with E-state index in [1.54, 1.807) is 30.3 Å². The number of fused-ring (bicyclic) bond motifs is 1. The molecule has 30 heavy (non-hydrogen) atoms. The average molecular weight is 441 g/mol. The summed E-state index contributed by atoms with van der Waals surface area (Å²) in [6.45, 7) is 4.35. The van der Waals surface area contributed by atoms with Crippen molar-refractivity contribution < 1.29 is 13.2 Å². The van der Waals surface area contributed by atoms with Gasteiger partial charge in [-0.05, 0) is 91.6 Å². The van der Waals surface area contributed by atoms with Gasteiger partial charge in [-0.1, -0.05) is 17.7 Å². The first-order chi connectivity index (χ1) is 14.3. The van der Waals surface area contributed by atoms with E-state index in [1.807, 2.05) is 32.0 Å². The number of hydrogen-bond donors (Lipinski definition) is 1. The van der Waals surface area contributed by atoms with Crippen molar-refractivity contribution in [3.8, 4) is 0 Å². The molecule has 1 heterocycles. The summed E-state index contributed by atoms with van der Waals surface area (Å²) in [4.78, 5) is 12.9. The minimum atomic E-state index is -3.69. The Morgan fingerprint density at radius 1 is 0.967 bits per heavy atom. The summed E-state index contributed by atoms with van der Waals surface area (Å²) >= 11 is 5.88. The van der Waals surface area contributed by atoms with Crippen LogP contribution >= 0.6 is 11.6 Å². The Hall–Kier alpha value is -2.83. The third kappa shape index (κ3) is 3.80. The lowest BCUT2D eigenvalue weighted by Crippen LogP contribution is -2.29. The molecule has 0 atom stereocenters. The Kier molecular flexibility index (Phi) is 5.30. The normalized spacial score (nSPS) is 13.2. The van der Waals surface area contributed by atoms with E-state index in [-0.39, 0.29) is 10.8 Å². The lowest BCUT2D eigenvalue weighted by Gasteiger charge is -2.19. The molecule has 1 amide bonds. The van der Waals surface area contributed by atoms with Crippen molar-refractivity contribution in [3.05, 3.63) is 87.9 Å². The fraction of sp³-hybridized carbons (Fsp3) is 0.174. The van der Waals surface area contributed by atoms with E-state index in [0.29, 0.717) is 29.2 Å². The maximum absolute atomic E-state index is 13.0. The van der Waals surface area contributed by atoms with Gasteiger partial charge in [0, 0.05) is 22.8 Å². The van der Waals surface area contributed by atoms with Gasteiger partial charge in [-0.2, -0.15) is 0 Å². The van der Waals surface area contributed by atoms with E-state index in [1.165, 1.54) is 16.4 Å². The Morgan fingerprint density at radius 2 is 1.70 bits per heavy atom. The molecule has 154 valence electrons. The second-order valence-corrected chi connectivity index (χ2v) is 9.68. The number of halogens is 1. The van der Waals surface area contributed by atoms with Gasteiger partial charge in [0.05, 0.1) is 10.6 Å². The van der Waals surface area contributed by atoms with E-state index in [0.717, 1.165) is 22.4 Å². The Morgan fingerprint density at radius 3 is 2.40 bits per heavy atom. The maximum Gasteiger partial charge on any atom is 0.264 e. The number of nitrogens with one attached hydrogen (secondary N) is 1. The second-order valence-electron chi connectivity index (χ2n) is 7.38. The summed E-state index contributed by atoms with van der Waals surface area (Å²) in [6.07, 6.45) is 0.549. The molecule has 0 fully saturated rings. The molecular formula is C23H21ClN2O3S. The third-order valence-corrected chi connectivity index (χ3v) is 7.44. The standard InChI is InChI=1S/C23H21ClN2O3S/c1-15-3-7-20(13-16(15)2)25-23(27)18-4-10-22-17(14-18)11-12-26(22)30(28,29)21-8-5-19(24)6-9-21/h3-10,13-14H,11-12H2,1-2H3,(H,25,27). The number of sulfonamides is 1. The molecule has 1 aliphatic rings. The lowest BCUT2D eigenvalue weighted by molar-refractivity contribution is 0.102. The quantitative estimate of drug-likeness (QED) is 0.623. The maximum atomic E-state index is 13.0. The summed E-state index contributed by atoms with van der Waals surface area (Å²) in [5.41, 5.74) is 4.93.